The summed E-state index contributed by atoms with van der Waals surface area (Å²) in [6.45, 7) is 8.30. The average molecular weight is 144 g/mol. The smallest absolute Gasteiger partial charge is 0.0550 e. The van der Waals surface area contributed by atoms with Crippen LogP contribution in [0.4, 0.5) is 0 Å². The molecule has 0 saturated carbocycles. The third kappa shape index (κ3) is 3.89. The zero-order chi connectivity index (χ0) is 7.98. The van der Waals surface area contributed by atoms with E-state index >= 15 is 0 Å². The Hall–Kier alpha value is -0.0400. The van der Waals surface area contributed by atoms with Gasteiger partial charge < -0.3 is 4.74 Å². The normalized spacial score (nSPS) is 32.4. The molecule has 0 aromatic heterocycles. The highest BCUT2D eigenvalue weighted by Crippen LogP contribution is 2.17. The number of ether oxygens (including phenoxy) is 1. The molecule has 2 atom stereocenters. The molecule has 1 rings (SSSR count). The molecular formula is C9H20O. The zero-order valence-corrected chi connectivity index (χ0v) is 7.68. The van der Waals surface area contributed by atoms with Crippen molar-refractivity contribution in [3.05, 3.63) is 0 Å². The second-order valence-corrected chi connectivity index (χ2v) is 2.69. The lowest BCUT2D eigenvalue weighted by atomic mass is 10.1. The predicted octanol–water partition coefficient (Wildman–Crippen LogP) is 2.99. The van der Waals surface area contributed by atoms with Crippen LogP contribution in [0.2, 0.25) is 0 Å². The maximum absolute atomic E-state index is 5.49. The van der Waals surface area contributed by atoms with Gasteiger partial charge in [0.25, 0.3) is 0 Å². The molecule has 0 aliphatic carbocycles. The van der Waals surface area contributed by atoms with Crippen molar-refractivity contribution in [3.8, 4) is 0 Å². The summed E-state index contributed by atoms with van der Waals surface area (Å²) in [4.78, 5) is 0. The average Bonchev–Trinajstić information content (AvgIpc) is 1.91. The number of hydrogen-bond acceptors (Lipinski definition) is 1. The summed E-state index contributed by atoms with van der Waals surface area (Å²) in [5, 5.41) is 0. The zero-order valence-electron chi connectivity index (χ0n) is 7.68. The van der Waals surface area contributed by atoms with E-state index in [4.69, 9.17) is 4.74 Å². The van der Waals surface area contributed by atoms with E-state index in [1.165, 1.54) is 19.3 Å². The van der Waals surface area contributed by atoms with E-state index in [1.807, 2.05) is 13.8 Å². The van der Waals surface area contributed by atoms with Crippen LogP contribution in [0.25, 0.3) is 0 Å². The lowest BCUT2D eigenvalue weighted by molar-refractivity contribution is -0.0292. The Morgan fingerprint density at radius 1 is 1.00 bits per heavy atom. The Labute approximate surface area is 64.8 Å². The van der Waals surface area contributed by atoms with Crippen LogP contribution in [0.15, 0.2) is 0 Å². The molecule has 1 heteroatoms. The molecule has 0 spiro atoms. The Balaban J connectivity index is 0.000000371. The maximum Gasteiger partial charge on any atom is 0.0550 e. The fraction of sp³-hybridized carbons (Fsp3) is 1.00. The molecule has 10 heavy (non-hydrogen) atoms. The highest BCUT2D eigenvalue weighted by Gasteiger charge is 2.13. The van der Waals surface area contributed by atoms with Gasteiger partial charge in [-0.25, -0.2) is 0 Å². The Bertz CT molecular complexity index is 63.1. The van der Waals surface area contributed by atoms with Crippen molar-refractivity contribution in [1.29, 1.82) is 0 Å². The van der Waals surface area contributed by atoms with Gasteiger partial charge in [-0.3, -0.25) is 0 Å². The van der Waals surface area contributed by atoms with Crippen LogP contribution >= 0.6 is 0 Å². The molecule has 2 unspecified atom stereocenters. The first-order valence-corrected chi connectivity index (χ1v) is 4.44. The van der Waals surface area contributed by atoms with E-state index < -0.39 is 0 Å². The summed E-state index contributed by atoms with van der Waals surface area (Å²) in [6, 6.07) is 0. The van der Waals surface area contributed by atoms with Crippen molar-refractivity contribution >= 4 is 0 Å². The molecule has 0 aromatic carbocycles. The Kier molecular flexibility index (Phi) is 5.70. The van der Waals surface area contributed by atoms with Crippen molar-refractivity contribution < 1.29 is 4.74 Å². The van der Waals surface area contributed by atoms with E-state index in [-0.39, 0.29) is 0 Å². The minimum absolute atomic E-state index is 0.513. The molecule has 1 nitrogen and oxygen atoms in total. The monoisotopic (exact) mass is 144 g/mol. The summed E-state index contributed by atoms with van der Waals surface area (Å²) in [6.07, 6.45) is 4.88. The molecule has 1 heterocycles. The fourth-order valence-electron chi connectivity index (χ4n) is 1.23. The van der Waals surface area contributed by atoms with Crippen LogP contribution < -0.4 is 0 Å². The minimum atomic E-state index is 0.513. The van der Waals surface area contributed by atoms with Crippen molar-refractivity contribution in [2.24, 2.45) is 0 Å². The van der Waals surface area contributed by atoms with Gasteiger partial charge in [0.15, 0.2) is 0 Å². The molecule has 0 N–H and O–H groups in total. The lowest BCUT2D eigenvalue weighted by Gasteiger charge is -2.24. The largest absolute Gasteiger partial charge is 0.376 e. The Morgan fingerprint density at radius 2 is 1.40 bits per heavy atom. The van der Waals surface area contributed by atoms with Gasteiger partial charge in [0.2, 0.25) is 0 Å². The molecule has 0 radical (unpaired) electrons. The first-order chi connectivity index (χ1) is 4.79. The van der Waals surface area contributed by atoms with E-state index in [1.54, 1.807) is 0 Å². The van der Waals surface area contributed by atoms with Crippen LogP contribution in [-0.4, -0.2) is 12.2 Å². The van der Waals surface area contributed by atoms with Gasteiger partial charge in [-0.2, -0.15) is 0 Å². The van der Waals surface area contributed by atoms with Crippen LogP contribution in [-0.2, 0) is 4.74 Å². The summed E-state index contributed by atoms with van der Waals surface area (Å²) < 4.78 is 5.49. The quantitative estimate of drug-likeness (QED) is 0.508. The van der Waals surface area contributed by atoms with Gasteiger partial charge in [-0.1, -0.05) is 13.8 Å². The van der Waals surface area contributed by atoms with Gasteiger partial charge in [-0.05, 0) is 33.1 Å². The van der Waals surface area contributed by atoms with E-state index in [0.717, 1.165) is 0 Å². The molecule has 1 aliphatic heterocycles. The van der Waals surface area contributed by atoms with Crippen molar-refractivity contribution in [3.63, 3.8) is 0 Å². The van der Waals surface area contributed by atoms with Gasteiger partial charge in [0.05, 0.1) is 12.2 Å². The molecule has 1 aliphatic rings. The molecule has 0 amide bonds. The highest BCUT2D eigenvalue weighted by molar-refractivity contribution is 4.63. The summed E-state index contributed by atoms with van der Waals surface area (Å²) in [5.41, 5.74) is 0. The van der Waals surface area contributed by atoms with Crippen LogP contribution in [0.5, 0.6) is 0 Å². The van der Waals surface area contributed by atoms with Gasteiger partial charge in [0.1, 0.15) is 0 Å². The van der Waals surface area contributed by atoms with E-state index in [9.17, 15) is 0 Å². The molecule has 1 saturated heterocycles. The second kappa shape index (κ2) is 5.72. The molecule has 62 valence electrons. The van der Waals surface area contributed by atoms with Crippen molar-refractivity contribution in [1.82, 2.24) is 0 Å². The summed E-state index contributed by atoms with van der Waals surface area (Å²) in [7, 11) is 0. The fourth-order valence-corrected chi connectivity index (χ4v) is 1.23. The number of rotatable bonds is 0. The molecule has 1 fully saturated rings. The molecule has 0 aromatic rings. The van der Waals surface area contributed by atoms with Crippen LogP contribution in [0.1, 0.15) is 47.0 Å². The summed E-state index contributed by atoms with van der Waals surface area (Å²) in [5.74, 6) is 0. The van der Waals surface area contributed by atoms with Gasteiger partial charge >= 0.3 is 0 Å². The lowest BCUT2D eigenvalue weighted by Crippen LogP contribution is -2.22. The Morgan fingerprint density at radius 3 is 1.60 bits per heavy atom. The second-order valence-electron chi connectivity index (χ2n) is 2.69. The maximum atomic E-state index is 5.49. The molecule has 0 bridgehead atoms. The number of hydrogen-bond donors (Lipinski definition) is 0. The van der Waals surface area contributed by atoms with Crippen LogP contribution in [0.3, 0.4) is 0 Å². The third-order valence-electron chi connectivity index (χ3n) is 1.69. The van der Waals surface area contributed by atoms with Crippen LogP contribution in [0, 0.1) is 0 Å². The predicted molar refractivity (Wildman–Crippen MR) is 45.2 cm³/mol. The van der Waals surface area contributed by atoms with Gasteiger partial charge in [-0.15, -0.1) is 0 Å². The minimum Gasteiger partial charge on any atom is -0.376 e. The standard InChI is InChI=1S/C7H14O.C2H6/c1-6-4-3-5-7(2)8-6;1-2/h6-7H,3-5H2,1-2H3;1-2H3. The van der Waals surface area contributed by atoms with Crippen molar-refractivity contribution in [2.45, 2.75) is 59.2 Å². The van der Waals surface area contributed by atoms with Crippen molar-refractivity contribution in [2.75, 3.05) is 0 Å². The third-order valence-corrected chi connectivity index (χ3v) is 1.69. The van der Waals surface area contributed by atoms with E-state index in [2.05, 4.69) is 13.8 Å². The molecular weight excluding hydrogens is 124 g/mol. The first kappa shape index (κ1) is 9.96. The first-order valence-electron chi connectivity index (χ1n) is 4.44. The van der Waals surface area contributed by atoms with E-state index in [0.29, 0.717) is 12.2 Å². The topological polar surface area (TPSA) is 9.23 Å². The SMILES string of the molecule is CC.CC1CCCC(C)O1. The summed E-state index contributed by atoms with van der Waals surface area (Å²) >= 11 is 0. The highest BCUT2D eigenvalue weighted by atomic mass is 16.5. The van der Waals surface area contributed by atoms with Gasteiger partial charge in [0, 0.05) is 0 Å².